The fraction of sp³-hybridized carbons (Fsp3) is 0.586. The molecule has 4 atom stereocenters. The minimum Gasteiger partial charge on any atom is -0.486 e. The summed E-state index contributed by atoms with van der Waals surface area (Å²) in [6.45, 7) is 4.23. The number of fused-ring (bicyclic) bond motifs is 2. The van der Waals surface area contributed by atoms with Gasteiger partial charge in [0.25, 0.3) is 0 Å². The number of unbranched alkanes of at least 4 members (excludes halogenated alkanes) is 2. The van der Waals surface area contributed by atoms with Gasteiger partial charge in [0.1, 0.15) is 12.4 Å². The minimum absolute atomic E-state index is 0.145. The first-order valence-electron chi connectivity index (χ1n) is 12.9. The van der Waals surface area contributed by atoms with Crippen molar-refractivity contribution in [2.24, 2.45) is 17.8 Å². The Morgan fingerprint density at radius 1 is 0.939 bits per heavy atom. The molecule has 4 heteroatoms. The molecule has 4 rings (SSSR count). The summed E-state index contributed by atoms with van der Waals surface area (Å²) in [6.07, 6.45) is 16.1. The maximum atomic E-state index is 15.0. The summed E-state index contributed by atoms with van der Waals surface area (Å²) in [4.78, 5) is 0. The second-order valence-corrected chi connectivity index (χ2v) is 10.2. The van der Waals surface area contributed by atoms with E-state index in [-0.39, 0.29) is 23.7 Å². The van der Waals surface area contributed by atoms with E-state index in [2.05, 4.69) is 6.92 Å². The molecule has 0 aliphatic heterocycles. The van der Waals surface area contributed by atoms with Crippen molar-refractivity contribution in [3.63, 3.8) is 0 Å². The Morgan fingerprint density at radius 3 is 2.52 bits per heavy atom. The molecule has 0 saturated heterocycles. The lowest BCUT2D eigenvalue weighted by Gasteiger charge is -2.42. The summed E-state index contributed by atoms with van der Waals surface area (Å²) in [5, 5.41) is 0.0945. The van der Waals surface area contributed by atoms with Crippen LogP contribution in [0.4, 0.5) is 13.2 Å². The highest BCUT2D eigenvalue weighted by Gasteiger charge is 2.36. The van der Waals surface area contributed by atoms with Gasteiger partial charge in [-0.3, -0.25) is 0 Å². The number of hydrogen-bond acceptors (Lipinski definition) is 1. The molecule has 0 amide bonds. The highest BCUT2D eigenvalue weighted by molar-refractivity contribution is 5.86. The van der Waals surface area contributed by atoms with E-state index in [0.29, 0.717) is 11.3 Å². The Balaban J connectivity index is 1.50. The Bertz CT molecular complexity index is 983. The Labute approximate surface area is 196 Å². The topological polar surface area (TPSA) is 9.23 Å². The largest absolute Gasteiger partial charge is 0.486 e. The van der Waals surface area contributed by atoms with Crippen LogP contribution < -0.4 is 4.74 Å². The minimum atomic E-state index is -1.17. The molecule has 1 nitrogen and oxygen atoms in total. The molecular weight excluding hydrogens is 421 g/mol. The summed E-state index contributed by atoms with van der Waals surface area (Å²) in [5.74, 6) is -0.485. The molecule has 33 heavy (non-hydrogen) atoms. The monoisotopic (exact) mass is 458 g/mol. The van der Waals surface area contributed by atoms with E-state index < -0.39 is 17.5 Å². The average molecular weight is 459 g/mol. The van der Waals surface area contributed by atoms with Gasteiger partial charge in [0.2, 0.25) is 5.82 Å². The van der Waals surface area contributed by atoms with Crippen LogP contribution in [0, 0.1) is 35.2 Å². The predicted molar refractivity (Wildman–Crippen MR) is 129 cm³/mol. The number of rotatable bonds is 8. The fourth-order valence-corrected chi connectivity index (χ4v) is 6.23. The summed E-state index contributed by atoms with van der Waals surface area (Å²) < 4.78 is 49.4. The van der Waals surface area contributed by atoms with Crippen LogP contribution in [0.1, 0.15) is 89.5 Å². The molecule has 2 aliphatic rings. The van der Waals surface area contributed by atoms with Gasteiger partial charge >= 0.3 is 0 Å². The van der Waals surface area contributed by atoms with E-state index in [9.17, 15) is 13.2 Å². The van der Waals surface area contributed by atoms with Gasteiger partial charge < -0.3 is 4.74 Å². The van der Waals surface area contributed by atoms with E-state index in [4.69, 9.17) is 4.74 Å². The molecule has 0 aromatic heterocycles. The third kappa shape index (κ3) is 5.41. The third-order valence-corrected chi connectivity index (χ3v) is 8.04. The highest BCUT2D eigenvalue weighted by atomic mass is 19.2. The smallest absolute Gasteiger partial charge is 0.201 e. The van der Waals surface area contributed by atoms with Gasteiger partial charge in [-0.2, -0.15) is 4.39 Å². The molecule has 2 saturated carbocycles. The van der Waals surface area contributed by atoms with Gasteiger partial charge in [-0.05, 0) is 85.8 Å². The third-order valence-electron chi connectivity index (χ3n) is 8.04. The lowest BCUT2D eigenvalue weighted by molar-refractivity contribution is 0.113. The summed E-state index contributed by atoms with van der Waals surface area (Å²) >= 11 is 0. The van der Waals surface area contributed by atoms with E-state index >= 15 is 0 Å². The van der Waals surface area contributed by atoms with Crippen molar-refractivity contribution in [3.8, 4) is 5.75 Å². The first kappa shape index (κ1) is 24.2. The van der Waals surface area contributed by atoms with Gasteiger partial charge in [0.05, 0.1) is 5.39 Å². The van der Waals surface area contributed by atoms with Crippen molar-refractivity contribution in [1.82, 2.24) is 0 Å². The molecular formula is C29H37F3O. The van der Waals surface area contributed by atoms with Gasteiger partial charge in [0.15, 0.2) is 11.6 Å². The maximum absolute atomic E-state index is 15.0. The maximum Gasteiger partial charge on any atom is 0.201 e. The van der Waals surface area contributed by atoms with E-state index in [0.717, 1.165) is 30.2 Å². The van der Waals surface area contributed by atoms with Crippen molar-refractivity contribution in [2.75, 3.05) is 6.61 Å². The zero-order valence-electron chi connectivity index (χ0n) is 20.0. The second-order valence-electron chi connectivity index (χ2n) is 10.2. The molecule has 2 aliphatic carbocycles. The fourth-order valence-electron chi connectivity index (χ4n) is 6.23. The van der Waals surface area contributed by atoms with Crippen molar-refractivity contribution in [1.29, 1.82) is 0 Å². The molecule has 0 bridgehead atoms. The molecule has 2 aromatic carbocycles. The molecule has 0 N–H and O–H groups in total. The van der Waals surface area contributed by atoms with Crippen LogP contribution in [-0.2, 0) is 0 Å². The predicted octanol–water partition coefficient (Wildman–Crippen LogP) is 9.09. The Hall–Kier alpha value is -1.97. The van der Waals surface area contributed by atoms with Crippen molar-refractivity contribution >= 4 is 10.8 Å². The number of allylic oxidation sites excluding steroid dienone is 1. The lowest BCUT2D eigenvalue weighted by Crippen LogP contribution is -2.30. The zero-order chi connectivity index (χ0) is 23.4. The number of hydrogen-bond donors (Lipinski definition) is 0. The van der Waals surface area contributed by atoms with Crippen LogP contribution in [0.5, 0.6) is 5.75 Å². The average Bonchev–Trinajstić information content (AvgIpc) is 2.81. The normalized spacial score (nSPS) is 25.5. The van der Waals surface area contributed by atoms with Gasteiger partial charge in [0, 0.05) is 0 Å². The second kappa shape index (κ2) is 11.0. The van der Waals surface area contributed by atoms with Crippen molar-refractivity contribution < 1.29 is 17.9 Å². The highest BCUT2D eigenvalue weighted by Crippen LogP contribution is 2.49. The van der Waals surface area contributed by atoms with Crippen LogP contribution in [0.2, 0.25) is 0 Å². The Morgan fingerprint density at radius 2 is 1.73 bits per heavy atom. The van der Waals surface area contributed by atoms with Crippen LogP contribution in [0.15, 0.2) is 30.4 Å². The van der Waals surface area contributed by atoms with Crippen molar-refractivity contribution in [3.05, 3.63) is 53.4 Å². The van der Waals surface area contributed by atoms with Gasteiger partial charge in [-0.25, -0.2) is 8.78 Å². The van der Waals surface area contributed by atoms with Crippen LogP contribution >= 0.6 is 0 Å². The lowest BCUT2D eigenvalue weighted by atomic mass is 9.63. The molecule has 180 valence electrons. The van der Waals surface area contributed by atoms with E-state index in [1.165, 1.54) is 63.5 Å². The molecule has 0 spiro atoms. The number of halogens is 3. The first-order valence-corrected chi connectivity index (χ1v) is 12.9. The van der Waals surface area contributed by atoms with E-state index in [1.807, 2.05) is 13.0 Å². The Kier molecular flexibility index (Phi) is 8.03. The quantitative estimate of drug-likeness (QED) is 0.283. The SMILES string of the molecule is CC=CCOc1cc2cc(C3CCC4CC(CCCCC)CCC4C3)cc(F)c2c(F)c1F. The first-order chi connectivity index (χ1) is 16.0. The van der Waals surface area contributed by atoms with Crippen LogP contribution in [-0.4, -0.2) is 6.61 Å². The molecule has 2 fully saturated rings. The number of benzene rings is 2. The standard InChI is InChI=1S/C29H37F3O/c1-3-5-7-8-19-9-10-21-15-22(12-11-20(21)14-19)23-16-24-18-26(33-13-6-4-2)28(31)29(32)27(24)25(30)17-23/h4,6,16-22H,3,5,7-15H2,1-2H3. The summed E-state index contributed by atoms with van der Waals surface area (Å²) in [7, 11) is 0. The van der Waals surface area contributed by atoms with Gasteiger partial charge in [-0.15, -0.1) is 0 Å². The summed E-state index contributed by atoms with van der Waals surface area (Å²) in [5.41, 5.74) is 0.911. The van der Waals surface area contributed by atoms with Crippen molar-refractivity contribution in [2.45, 2.75) is 84.0 Å². The van der Waals surface area contributed by atoms with Crippen LogP contribution in [0.3, 0.4) is 0 Å². The molecule has 0 radical (unpaired) electrons. The molecule has 2 aromatic rings. The van der Waals surface area contributed by atoms with Crippen LogP contribution in [0.25, 0.3) is 10.8 Å². The molecule has 4 unspecified atom stereocenters. The van der Waals surface area contributed by atoms with E-state index in [1.54, 1.807) is 12.2 Å². The molecule has 0 heterocycles. The summed E-state index contributed by atoms with van der Waals surface area (Å²) in [6, 6.07) is 4.73. The zero-order valence-corrected chi connectivity index (χ0v) is 20.0. The number of ether oxygens (including phenoxy) is 1. The van der Waals surface area contributed by atoms with Gasteiger partial charge in [-0.1, -0.05) is 57.2 Å².